The number of ether oxygens (including phenoxy) is 2. The summed E-state index contributed by atoms with van der Waals surface area (Å²) in [6, 6.07) is 15.2. The molecule has 0 bridgehead atoms. The normalized spacial score (nSPS) is 14.5. The molecule has 0 heterocycles. The molecule has 0 aliphatic heterocycles. The van der Waals surface area contributed by atoms with Gasteiger partial charge in [-0.25, -0.2) is 0 Å². The van der Waals surface area contributed by atoms with Gasteiger partial charge in [0.05, 0.1) is 13.7 Å². The van der Waals surface area contributed by atoms with Crippen LogP contribution in [0.5, 0.6) is 11.5 Å². The molecule has 0 unspecified atom stereocenters. The molecule has 0 radical (unpaired) electrons. The number of nitrogens with one attached hydrogen (secondary N) is 1. The van der Waals surface area contributed by atoms with Crippen molar-refractivity contribution in [1.29, 1.82) is 0 Å². The van der Waals surface area contributed by atoms with Gasteiger partial charge in [-0.3, -0.25) is 9.59 Å². The lowest BCUT2D eigenvalue weighted by Crippen LogP contribution is -2.49. The lowest BCUT2D eigenvalue weighted by molar-refractivity contribution is -0.141. The van der Waals surface area contributed by atoms with Crippen molar-refractivity contribution in [2.45, 2.75) is 71.0 Å². The van der Waals surface area contributed by atoms with E-state index in [1.807, 2.05) is 62.4 Å². The molecule has 178 valence electrons. The standard InChI is InChI=1S/C27H36N2O4/c1-20-10-12-22(13-11-20)19-29(21(2)27(31)28-23-7-4-5-8-23)26(30)9-6-18-33-25-16-14-24(32-3)15-17-25/h10-17,21,23H,4-9,18-19H2,1-3H3,(H,28,31)/t21-/m1/s1. The molecule has 3 rings (SSSR count). The van der Waals surface area contributed by atoms with E-state index in [-0.39, 0.29) is 17.9 Å². The molecule has 0 aromatic heterocycles. The zero-order chi connectivity index (χ0) is 23.6. The molecule has 1 atom stereocenters. The van der Waals surface area contributed by atoms with E-state index < -0.39 is 6.04 Å². The summed E-state index contributed by atoms with van der Waals surface area (Å²) in [7, 11) is 1.62. The Morgan fingerprint density at radius 1 is 1.03 bits per heavy atom. The smallest absolute Gasteiger partial charge is 0.242 e. The average molecular weight is 453 g/mol. The van der Waals surface area contributed by atoms with Crippen LogP contribution in [-0.4, -0.2) is 42.5 Å². The lowest BCUT2D eigenvalue weighted by atomic mass is 10.1. The first-order valence-electron chi connectivity index (χ1n) is 11.9. The Morgan fingerprint density at radius 3 is 2.30 bits per heavy atom. The number of carbonyl (C=O) groups is 2. The first-order chi connectivity index (χ1) is 16.0. The van der Waals surface area contributed by atoms with Crippen LogP contribution < -0.4 is 14.8 Å². The van der Waals surface area contributed by atoms with Gasteiger partial charge in [0, 0.05) is 19.0 Å². The van der Waals surface area contributed by atoms with Crippen molar-refractivity contribution in [2.24, 2.45) is 0 Å². The van der Waals surface area contributed by atoms with Crippen LogP contribution in [0.4, 0.5) is 0 Å². The van der Waals surface area contributed by atoms with Crippen molar-refractivity contribution in [3.8, 4) is 11.5 Å². The van der Waals surface area contributed by atoms with E-state index in [2.05, 4.69) is 5.32 Å². The third-order valence-corrected chi connectivity index (χ3v) is 6.21. The van der Waals surface area contributed by atoms with Gasteiger partial charge >= 0.3 is 0 Å². The predicted octanol–water partition coefficient (Wildman–Crippen LogP) is 4.64. The Bertz CT molecular complexity index is 889. The number of nitrogens with zero attached hydrogens (tertiary/aromatic N) is 1. The van der Waals surface area contributed by atoms with Gasteiger partial charge < -0.3 is 19.7 Å². The summed E-state index contributed by atoms with van der Waals surface area (Å²) in [4.78, 5) is 27.8. The molecular weight excluding hydrogens is 416 g/mol. The first-order valence-corrected chi connectivity index (χ1v) is 11.9. The molecule has 0 saturated heterocycles. The highest BCUT2D eigenvalue weighted by Crippen LogP contribution is 2.20. The molecule has 2 amide bonds. The summed E-state index contributed by atoms with van der Waals surface area (Å²) < 4.78 is 10.9. The fraction of sp³-hybridized carbons (Fsp3) is 0.481. The number of hydrogen-bond acceptors (Lipinski definition) is 4. The Labute approximate surface area is 197 Å². The zero-order valence-corrected chi connectivity index (χ0v) is 20.0. The Balaban J connectivity index is 1.57. The maximum atomic E-state index is 13.2. The Hall–Kier alpha value is -3.02. The first kappa shape index (κ1) is 24.6. The summed E-state index contributed by atoms with van der Waals surface area (Å²) in [6.07, 6.45) is 5.24. The highest BCUT2D eigenvalue weighted by molar-refractivity contribution is 5.87. The molecule has 33 heavy (non-hydrogen) atoms. The lowest BCUT2D eigenvalue weighted by Gasteiger charge is -2.30. The number of amides is 2. The van der Waals surface area contributed by atoms with Crippen molar-refractivity contribution in [1.82, 2.24) is 10.2 Å². The summed E-state index contributed by atoms with van der Waals surface area (Å²) in [5.41, 5.74) is 2.18. The molecule has 1 aliphatic carbocycles. The Morgan fingerprint density at radius 2 is 1.67 bits per heavy atom. The minimum atomic E-state index is -0.526. The maximum absolute atomic E-state index is 13.2. The minimum Gasteiger partial charge on any atom is -0.497 e. The number of methoxy groups -OCH3 is 1. The second kappa shape index (κ2) is 12.3. The molecule has 0 spiro atoms. The van der Waals surface area contributed by atoms with E-state index in [1.165, 1.54) is 5.56 Å². The van der Waals surface area contributed by atoms with Crippen molar-refractivity contribution in [3.63, 3.8) is 0 Å². The van der Waals surface area contributed by atoms with E-state index in [4.69, 9.17) is 9.47 Å². The van der Waals surface area contributed by atoms with Gasteiger partial charge in [-0.2, -0.15) is 0 Å². The summed E-state index contributed by atoms with van der Waals surface area (Å²) >= 11 is 0. The molecule has 2 aromatic rings. The number of aryl methyl sites for hydroxylation is 1. The maximum Gasteiger partial charge on any atom is 0.242 e. The molecule has 1 N–H and O–H groups in total. The van der Waals surface area contributed by atoms with E-state index in [1.54, 1.807) is 12.0 Å². The number of carbonyl (C=O) groups excluding carboxylic acids is 2. The van der Waals surface area contributed by atoms with Gasteiger partial charge in [0.1, 0.15) is 17.5 Å². The largest absolute Gasteiger partial charge is 0.497 e. The number of rotatable bonds is 11. The zero-order valence-electron chi connectivity index (χ0n) is 20.0. The van der Waals surface area contributed by atoms with Gasteiger partial charge in [0.25, 0.3) is 0 Å². The van der Waals surface area contributed by atoms with E-state index in [9.17, 15) is 9.59 Å². The number of hydrogen-bond donors (Lipinski definition) is 1. The highest BCUT2D eigenvalue weighted by atomic mass is 16.5. The molecule has 2 aromatic carbocycles. The second-order valence-corrected chi connectivity index (χ2v) is 8.80. The molecule has 1 fully saturated rings. The highest BCUT2D eigenvalue weighted by Gasteiger charge is 2.28. The predicted molar refractivity (Wildman–Crippen MR) is 129 cm³/mol. The van der Waals surface area contributed by atoms with Crippen LogP contribution in [0.15, 0.2) is 48.5 Å². The van der Waals surface area contributed by atoms with E-state index in [0.29, 0.717) is 26.0 Å². The van der Waals surface area contributed by atoms with Crippen LogP contribution >= 0.6 is 0 Å². The summed E-state index contributed by atoms with van der Waals surface area (Å²) in [5.74, 6) is 1.40. The fourth-order valence-electron chi connectivity index (χ4n) is 4.09. The van der Waals surface area contributed by atoms with Gasteiger partial charge in [-0.1, -0.05) is 42.7 Å². The van der Waals surface area contributed by atoms with Crippen LogP contribution in [0.25, 0.3) is 0 Å². The van der Waals surface area contributed by atoms with Crippen molar-refractivity contribution < 1.29 is 19.1 Å². The van der Waals surface area contributed by atoms with Crippen molar-refractivity contribution >= 4 is 11.8 Å². The molecule has 6 nitrogen and oxygen atoms in total. The molecular formula is C27H36N2O4. The Kier molecular flexibility index (Phi) is 9.16. The molecule has 6 heteroatoms. The van der Waals surface area contributed by atoms with Crippen molar-refractivity contribution in [3.05, 3.63) is 59.7 Å². The van der Waals surface area contributed by atoms with Crippen LogP contribution in [-0.2, 0) is 16.1 Å². The van der Waals surface area contributed by atoms with Crippen LogP contribution in [0.3, 0.4) is 0 Å². The van der Waals surface area contributed by atoms with Gasteiger partial charge in [0.2, 0.25) is 11.8 Å². The summed E-state index contributed by atoms with van der Waals surface area (Å²) in [5, 5.41) is 3.14. The average Bonchev–Trinajstić information content (AvgIpc) is 3.34. The molecule has 1 saturated carbocycles. The van der Waals surface area contributed by atoms with Gasteiger partial charge in [-0.15, -0.1) is 0 Å². The fourth-order valence-corrected chi connectivity index (χ4v) is 4.09. The van der Waals surface area contributed by atoms with E-state index >= 15 is 0 Å². The second-order valence-electron chi connectivity index (χ2n) is 8.80. The third kappa shape index (κ3) is 7.52. The monoisotopic (exact) mass is 452 g/mol. The third-order valence-electron chi connectivity index (χ3n) is 6.21. The topological polar surface area (TPSA) is 67.9 Å². The van der Waals surface area contributed by atoms with Gasteiger partial charge in [0.15, 0.2) is 0 Å². The minimum absolute atomic E-state index is 0.0389. The quantitative estimate of drug-likeness (QED) is 0.505. The van der Waals surface area contributed by atoms with Crippen LogP contribution in [0.2, 0.25) is 0 Å². The number of benzene rings is 2. The SMILES string of the molecule is COc1ccc(OCCCC(=O)N(Cc2ccc(C)cc2)[C@H](C)C(=O)NC2CCCC2)cc1. The van der Waals surface area contributed by atoms with E-state index in [0.717, 1.165) is 42.7 Å². The van der Waals surface area contributed by atoms with Crippen LogP contribution in [0.1, 0.15) is 56.6 Å². The van der Waals surface area contributed by atoms with Crippen molar-refractivity contribution in [2.75, 3.05) is 13.7 Å². The molecule has 1 aliphatic rings. The summed E-state index contributed by atoms with van der Waals surface area (Å²) in [6.45, 7) is 4.70. The van der Waals surface area contributed by atoms with Gasteiger partial charge in [-0.05, 0) is 62.9 Å². The van der Waals surface area contributed by atoms with Crippen LogP contribution in [0, 0.1) is 6.92 Å².